The number of thioether (sulfide) groups is 1. The standard InChI is InChI=1S/C30H23Cl2FN4OS/c31-22-15-16-27(24(32)18-22)37-28(35-36-30(37)39-19-21-11-5-2-6-12-21)26(17-20-9-3-1-4-10-20)34-29(38)23-13-7-8-14-25(23)33/h1-16,18,26H,17,19H2,(H,34,38). The Bertz CT molecular complexity index is 1580. The molecule has 0 saturated heterocycles. The minimum Gasteiger partial charge on any atom is -0.342 e. The second-order valence-electron chi connectivity index (χ2n) is 8.74. The molecule has 1 atom stereocenters. The molecule has 0 spiro atoms. The van der Waals surface area contributed by atoms with Crippen LogP contribution in [0.25, 0.3) is 5.69 Å². The molecule has 1 heterocycles. The van der Waals surface area contributed by atoms with E-state index in [0.717, 1.165) is 11.1 Å². The number of rotatable bonds is 9. The van der Waals surface area contributed by atoms with Crippen LogP contribution in [-0.4, -0.2) is 20.7 Å². The Labute approximate surface area is 240 Å². The minimum atomic E-state index is -0.648. The van der Waals surface area contributed by atoms with Crippen LogP contribution in [0, 0.1) is 5.82 Å². The first-order valence-electron chi connectivity index (χ1n) is 12.2. The Morgan fingerprint density at radius 2 is 1.54 bits per heavy atom. The van der Waals surface area contributed by atoms with E-state index < -0.39 is 17.8 Å². The van der Waals surface area contributed by atoms with Gasteiger partial charge in [-0.25, -0.2) is 4.39 Å². The molecule has 1 amide bonds. The average Bonchev–Trinajstić information content (AvgIpc) is 3.36. The fourth-order valence-corrected chi connectivity index (χ4v) is 5.55. The van der Waals surface area contributed by atoms with Crippen molar-refractivity contribution in [1.29, 1.82) is 0 Å². The molecule has 0 aliphatic rings. The second-order valence-corrected chi connectivity index (χ2v) is 10.5. The van der Waals surface area contributed by atoms with E-state index >= 15 is 0 Å². The maximum absolute atomic E-state index is 14.5. The Hall–Kier alpha value is -3.65. The molecule has 0 bridgehead atoms. The van der Waals surface area contributed by atoms with Gasteiger partial charge in [0.2, 0.25) is 0 Å². The van der Waals surface area contributed by atoms with E-state index in [2.05, 4.69) is 15.5 Å². The van der Waals surface area contributed by atoms with Gasteiger partial charge in [0.1, 0.15) is 5.82 Å². The lowest BCUT2D eigenvalue weighted by molar-refractivity contribution is 0.0930. The SMILES string of the molecule is O=C(NC(Cc1ccccc1)c1nnc(SCc2ccccc2)n1-c1ccc(Cl)cc1Cl)c1ccccc1F. The third-order valence-corrected chi connectivity index (χ3v) is 7.58. The molecule has 1 aromatic heterocycles. The Kier molecular flexibility index (Phi) is 8.61. The predicted octanol–water partition coefficient (Wildman–Crippen LogP) is 7.72. The van der Waals surface area contributed by atoms with E-state index in [4.69, 9.17) is 23.2 Å². The molecular formula is C30H23Cl2FN4OS. The van der Waals surface area contributed by atoms with Gasteiger partial charge in [0.25, 0.3) is 5.91 Å². The van der Waals surface area contributed by atoms with E-state index in [1.54, 1.807) is 30.3 Å². The zero-order valence-corrected chi connectivity index (χ0v) is 22.9. The van der Waals surface area contributed by atoms with Crippen LogP contribution in [0.15, 0.2) is 108 Å². The molecule has 196 valence electrons. The van der Waals surface area contributed by atoms with Crippen molar-refractivity contribution in [3.8, 4) is 5.69 Å². The van der Waals surface area contributed by atoms with Gasteiger partial charge < -0.3 is 5.32 Å². The molecule has 1 N–H and O–H groups in total. The van der Waals surface area contributed by atoms with Gasteiger partial charge in [-0.3, -0.25) is 9.36 Å². The van der Waals surface area contributed by atoms with Gasteiger partial charge in [-0.15, -0.1) is 10.2 Å². The Balaban J connectivity index is 1.58. The molecule has 5 rings (SSSR count). The third kappa shape index (κ3) is 6.50. The molecule has 9 heteroatoms. The minimum absolute atomic E-state index is 0.0511. The molecule has 39 heavy (non-hydrogen) atoms. The number of benzene rings is 4. The van der Waals surface area contributed by atoms with Crippen LogP contribution >= 0.6 is 35.0 Å². The zero-order valence-electron chi connectivity index (χ0n) is 20.6. The fourth-order valence-electron chi connectivity index (χ4n) is 4.15. The topological polar surface area (TPSA) is 59.8 Å². The van der Waals surface area contributed by atoms with E-state index in [9.17, 15) is 9.18 Å². The lowest BCUT2D eigenvalue weighted by Gasteiger charge is -2.21. The van der Waals surface area contributed by atoms with Crippen molar-refractivity contribution in [2.45, 2.75) is 23.4 Å². The summed E-state index contributed by atoms with van der Waals surface area (Å²) < 4.78 is 16.3. The highest BCUT2D eigenvalue weighted by Crippen LogP contribution is 2.33. The number of nitrogens with one attached hydrogen (secondary N) is 1. The van der Waals surface area contributed by atoms with Crippen LogP contribution < -0.4 is 5.32 Å². The molecule has 0 aliphatic heterocycles. The summed E-state index contributed by atoms with van der Waals surface area (Å²) in [4.78, 5) is 13.3. The number of carbonyl (C=O) groups excluding carboxylic acids is 1. The number of halogens is 3. The van der Waals surface area contributed by atoms with Crippen molar-refractivity contribution in [2.24, 2.45) is 0 Å². The summed E-state index contributed by atoms with van der Waals surface area (Å²) in [6.07, 6.45) is 0.397. The maximum atomic E-state index is 14.5. The van der Waals surface area contributed by atoms with Gasteiger partial charge in [0.15, 0.2) is 11.0 Å². The number of aromatic nitrogens is 3. The van der Waals surface area contributed by atoms with Crippen molar-refractivity contribution >= 4 is 40.9 Å². The highest BCUT2D eigenvalue weighted by Gasteiger charge is 2.27. The molecule has 0 aliphatic carbocycles. The normalized spacial score (nSPS) is 11.8. The molecular weight excluding hydrogens is 554 g/mol. The monoisotopic (exact) mass is 576 g/mol. The van der Waals surface area contributed by atoms with Crippen LogP contribution in [0.4, 0.5) is 4.39 Å². The summed E-state index contributed by atoms with van der Waals surface area (Å²) in [6, 6.07) is 30.1. The van der Waals surface area contributed by atoms with Gasteiger partial charge >= 0.3 is 0 Å². The number of amides is 1. The molecule has 0 fully saturated rings. The van der Waals surface area contributed by atoms with Crippen molar-refractivity contribution in [3.05, 3.63) is 142 Å². The van der Waals surface area contributed by atoms with E-state index in [1.807, 2.05) is 65.2 Å². The number of hydrogen-bond donors (Lipinski definition) is 1. The first-order valence-corrected chi connectivity index (χ1v) is 13.9. The first-order chi connectivity index (χ1) is 19.0. The summed E-state index contributed by atoms with van der Waals surface area (Å²) in [5.74, 6) is -0.0443. The maximum Gasteiger partial charge on any atom is 0.254 e. The van der Waals surface area contributed by atoms with Crippen LogP contribution in [-0.2, 0) is 12.2 Å². The summed E-state index contributed by atoms with van der Waals surface area (Å²) in [5.41, 5.74) is 2.65. The Morgan fingerprint density at radius 1 is 0.872 bits per heavy atom. The van der Waals surface area contributed by atoms with Crippen molar-refractivity contribution < 1.29 is 9.18 Å². The molecule has 1 unspecified atom stereocenters. The van der Waals surface area contributed by atoms with Crippen LogP contribution in [0.1, 0.15) is 33.4 Å². The van der Waals surface area contributed by atoms with E-state index in [1.165, 1.54) is 23.9 Å². The smallest absolute Gasteiger partial charge is 0.254 e. The summed E-state index contributed by atoms with van der Waals surface area (Å²) >= 11 is 14.4. The highest BCUT2D eigenvalue weighted by atomic mass is 35.5. The van der Waals surface area contributed by atoms with Crippen LogP contribution in [0.5, 0.6) is 0 Å². The largest absolute Gasteiger partial charge is 0.342 e. The quantitative estimate of drug-likeness (QED) is 0.182. The second kappa shape index (κ2) is 12.5. The van der Waals surface area contributed by atoms with Crippen molar-refractivity contribution in [1.82, 2.24) is 20.1 Å². The van der Waals surface area contributed by atoms with Crippen LogP contribution in [0.3, 0.4) is 0 Å². The molecule has 5 nitrogen and oxygen atoms in total. The van der Waals surface area contributed by atoms with E-state index in [-0.39, 0.29) is 5.56 Å². The Morgan fingerprint density at radius 3 is 2.23 bits per heavy atom. The zero-order chi connectivity index (χ0) is 27.2. The number of carbonyl (C=O) groups is 1. The molecule has 5 aromatic rings. The average molecular weight is 578 g/mol. The van der Waals surface area contributed by atoms with Crippen LogP contribution in [0.2, 0.25) is 10.0 Å². The van der Waals surface area contributed by atoms with Gasteiger partial charge in [0.05, 0.1) is 22.3 Å². The van der Waals surface area contributed by atoms with Gasteiger partial charge in [0, 0.05) is 10.8 Å². The summed E-state index contributed by atoms with van der Waals surface area (Å²) in [6.45, 7) is 0. The molecule has 0 saturated carbocycles. The van der Waals surface area contributed by atoms with Gasteiger partial charge in [-0.2, -0.15) is 0 Å². The summed E-state index contributed by atoms with van der Waals surface area (Å²) in [5, 5.41) is 13.5. The molecule has 4 aromatic carbocycles. The number of hydrogen-bond acceptors (Lipinski definition) is 4. The van der Waals surface area contributed by atoms with Crippen molar-refractivity contribution in [2.75, 3.05) is 0 Å². The van der Waals surface area contributed by atoms with Gasteiger partial charge in [-0.1, -0.05) is 108 Å². The van der Waals surface area contributed by atoms with Gasteiger partial charge in [-0.05, 0) is 47.9 Å². The number of nitrogens with zero attached hydrogens (tertiary/aromatic N) is 3. The third-order valence-electron chi connectivity index (χ3n) is 6.04. The summed E-state index contributed by atoms with van der Waals surface area (Å²) in [7, 11) is 0. The van der Waals surface area contributed by atoms with E-state index in [0.29, 0.717) is 38.9 Å². The lowest BCUT2D eigenvalue weighted by Crippen LogP contribution is -2.32. The highest BCUT2D eigenvalue weighted by molar-refractivity contribution is 7.98. The predicted molar refractivity (Wildman–Crippen MR) is 154 cm³/mol. The van der Waals surface area contributed by atoms with Crippen molar-refractivity contribution in [3.63, 3.8) is 0 Å². The fraction of sp³-hybridized carbons (Fsp3) is 0.100. The molecule has 0 radical (unpaired) electrons. The first kappa shape index (κ1) is 26.9. The lowest BCUT2D eigenvalue weighted by atomic mass is 10.0.